The third-order valence-electron chi connectivity index (χ3n) is 8.51. The number of benzene rings is 1. The zero-order valence-electron chi connectivity index (χ0n) is 24.0. The second-order valence-electron chi connectivity index (χ2n) is 11.4. The Bertz CT molecular complexity index is 1550. The van der Waals surface area contributed by atoms with Gasteiger partial charge >= 0.3 is 6.01 Å². The highest BCUT2D eigenvalue weighted by Gasteiger charge is 2.34. The van der Waals surface area contributed by atoms with Crippen molar-refractivity contribution in [2.45, 2.75) is 52.1 Å². The van der Waals surface area contributed by atoms with Gasteiger partial charge in [0.2, 0.25) is 5.88 Å². The van der Waals surface area contributed by atoms with Gasteiger partial charge in [0.1, 0.15) is 18.2 Å². The van der Waals surface area contributed by atoms with E-state index in [4.69, 9.17) is 19.4 Å². The molecule has 0 aliphatic carbocycles. The Morgan fingerprint density at radius 1 is 1.24 bits per heavy atom. The number of likely N-dealkylation sites (tertiary alicyclic amines) is 1. The first-order valence-electron chi connectivity index (χ1n) is 14.2. The predicted molar refractivity (Wildman–Crippen MR) is 155 cm³/mol. The van der Waals surface area contributed by atoms with E-state index in [-0.39, 0.29) is 12.1 Å². The summed E-state index contributed by atoms with van der Waals surface area (Å²) >= 11 is 0. The number of nitrogens with zero attached hydrogens (tertiary/aromatic N) is 6. The number of carbonyl (C=O) groups excluding carboxylic acids is 1. The molecule has 5 heterocycles. The Kier molecular flexibility index (Phi) is 7.14. The van der Waals surface area contributed by atoms with E-state index in [1.807, 2.05) is 19.2 Å². The van der Waals surface area contributed by atoms with Crippen molar-refractivity contribution < 1.29 is 18.7 Å². The molecule has 216 valence electrons. The molecule has 1 N–H and O–H groups in total. The molecule has 6 rings (SSSR count). The van der Waals surface area contributed by atoms with Crippen LogP contribution in [-0.4, -0.2) is 87.8 Å². The average molecular weight is 562 g/mol. The highest BCUT2D eigenvalue weighted by Crippen LogP contribution is 2.41. The molecule has 2 fully saturated rings. The van der Waals surface area contributed by atoms with E-state index in [1.165, 1.54) is 4.90 Å². The summed E-state index contributed by atoms with van der Waals surface area (Å²) in [6.07, 6.45) is 4.62. The molecule has 2 aromatic heterocycles. The van der Waals surface area contributed by atoms with Crippen molar-refractivity contribution in [3.05, 3.63) is 53.0 Å². The second kappa shape index (κ2) is 10.8. The van der Waals surface area contributed by atoms with Gasteiger partial charge in [-0.2, -0.15) is 15.1 Å². The van der Waals surface area contributed by atoms with Gasteiger partial charge in [-0.3, -0.25) is 9.89 Å². The number of hydrogen-bond donors (Lipinski definition) is 1. The van der Waals surface area contributed by atoms with E-state index in [0.29, 0.717) is 44.6 Å². The first kappa shape index (κ1) is 27.2. The fourth-order valence-electron chi connectivity index (χ4n) is 6.19. The summed E-state index contributed by atoms with van der Waals surface area (Å²) < 4.78 is 26.5. The van der Waals surface area contributed by atoms with Crippen molar-refractivity contribution in [3.63, 3.8) is 0 Å². The van der Waals surface area contributed by atoms with E-state index in [2.05, 4.69) is 53.5 Å². The molecule has 0 unspecified atom stereocenters. The highest BCUT2D eigenvalue weighted by molar-refractivity contribution is 5.93. The maximum atomic E-state index is 13.6. The van der Waals surface area contributed by atoms with Crippen LogP contribution < -0.4 is 14.4 Å². The molecular weight excluding hydrogens is 525 g/mol. The Labute approximate surface area is 238 Å². The zero-order chi connectivity index (χ0) is 28.8. The van der Waals surface area contributed by atoms with Gasteiger partial charge in [-0.25, -0.2) is 4.39 Å². The van der Waals surface area contributed by atoms with E-state index >= 15 is 0 Å². The van der Waals surface area contributed by atoms with Crippen molar-refractivity contribution in [1.29, 1.82) is 0 Å². The minimum atomic E-state index is -0.943. The van der Waals surface area contributed by atoms with Gasteiger partial charge in [0.25, 0.3) is 5.91 Å². The number of anilines is 1. The van der Waals surface area contributed by atoms with Gasteiger partial charge in [0.05, 0.1) is 17.3 Å². The first-order chi connectivity index (χ1) is 19.7. The molecule has 0 saturated carbocycles. The summed E-state index contributed by atoms with van der Waals surface area (Å²) in [6, 6.07) is 4.41. The number of allylic oxidation sites excluding steroid dienone is 1. The number of amides is 1. The molecule has 0 bridgehead atoms. The first-order valence-corrected chi connectivity index (χ1v) is 14.2. The summed E-state index contributed by atoms with van der Waals surface area (Å²) in [7, 11) is 2.11. The third kappa shape index (κ3) is 5.03. The number of halogens is 1. The topological polar surface area (TPSA) is 99.7 Å². The fourth-order valence-corrected chi connectivity index (χ4v) is 6.19. The summed E-state index contributed by atoms with van der Waals surface area (Å²) in [5, 5.41) is 8.28. The van der Waals surface area contributed by atoms with Crippen LogP contribution in [-0.2, 0) is 11.2 Å². The molecule has 2 atom stereocenters. The standard InChI is InChI=1S/C30H36FN7O3/c1-17-8-9-24-23(14-32-35-24)25(17)26-18(2)13-22-27(37-11-12-38(19(3)15-37)29(39)20(4)31)33-30(34-28(22)41-26)40-16-21-7-6-10-36(21)5/h8-9,14,19,21H,4,6-7,10-13,15-16H2,1-3,5H3,(H,32,35)/t19-,21+/m1/s1. The summed E-state index contributed by atoms with van der Waals surface area (Å²) in [6.45, 7) is 12.1. The minimum absolute atomic E-state index is 0.232. The second-order valence-corrected chi connectivity index (χ2v) is 11.4. The number of rotatable bonds is 6. The van der Waals surface area contributed by atoms with Crippen LogP contribution in [0.5, 0.6) is 11.9 Å². The molecule has 0 radical (unpaired) electrons. The normalized spacial score (nSPS) is 21.3. The number of carbonyl (C=O) groups is 1. The Morgan fingerprint density at radius 3 is 2.80 bits per heavy atom. The van der Waals surface area contributed by atoms with Crippen molar-refractivity contribution in [1.82, 2.24) is 30.0 Å². The van der Waals surface area contributed by atoms with Crippen molar-refractivity contribution in [2.24, 2.45) is 0 Å². The van der Waals surface area contributed by atoms with Crippen LogP contribution in [0.4, 0.5) is 10.2 Å². The minimum Gasteiger partial charge on any atom is -0.462 e. The van der Waals surface area contributed by atoms with Crippen LogP contribution in [0.15, 0.2) is 36.3 Å². The van der Waals surface area contributed by atoms with Crippen LogP contribution in [0.3, 0.4) is 0 Å². The van der Waals surface area contributed by atoms with E-state index < -0.39 is 11.7 Å². The largest absolute Gasteiger partial charge is 0.462 e. The SMILES string of the molecule is C=C(F)C(=O)N1CCN(c2nc(OC[C@@H]3CCCN3C)nc3c2CC(C)=C(c2c(C)ccc4[nH]ncc24)O3)C[C@H]1C. The monoisotopic (exact) mass is 561 g/mol. The number of fused-ring (bicyclic) bond motifs is 2. The number of aryl methyl sites for hydroxylation is 1. The zero-order valence-corrected chi connectivity index (χ0v) is 24.0. The molecule has 3 aliphatic rings. The van der Waals surface area contributed by atoms with E-state index in [1.54, 1.807) is 0 Å². The molecule has 1 aromatic carbocycles. The quantitative estimate of drug-likeness (QED) is 0.451. The number of nitrogens with one attached hydrogen (secondary N) is 1. The number of ether oxygens (including phenoxy) is 2. The van der Waals surface area contributed by atoms with Gasteiger partial charge in [0.15, 0.2) is 5.83 Å². The van der Waals surface area contributed by atoms with E-state index in [9.17, 15) is 9.18 Å². The maximum Gasteiger partial charge on any atom is 0.321 e. The summed E-state index contributed by atoms with van der Waals surface area (Å²) in [4.78, 5) is 27.9. The van der Waals surface area contributed by atoms with Gasteiger partial charge in [0, 0.05) is 49.1 Å². The number of H-pyrrole nitrogens is 1. The predicted octanol–water partition coefficient (Wildman–Crippen LogP) is 4.02. The van der Waals surface area contributed by atoms with Crippen molar-refractivity contribution >= 4 is 28.4 Å². The Hall–Kier alpha value is -3.99. The van der Waals surface area contributed by atoms with Crippen LogP contribution in [0.1, 0.15) is 43.4 Å². The number of piperazine rings is 1. The number of aromatic amines is 1. The van der Waals surface area contributed by atoms with Crippen LogP contribution in [0.2, 0.25) is 0 Å². The maximum absolute atomic E-state index is 13.6. The molecule has 2 saturated heterocycles. The smallest absolute Gasteiger partial charge is 0.321 e. The molecule has 3 aromatic rings. The molecule has 0 spiro atoms. The fraction of sp³-hybridized carbons (Fsp3) is 0.467. The molecular formula is C30H36FN7O3. The lowest BCUT2D eigenvalue weighted by Gasteiger charge is -2.41. The molecule has 11 heteroatoms. The van der Waals surface area contributed by atoms with Gasteiger partial charge in [-0.05, 0) is 64.4 Å². The highest BCUT2D eigenvalue weighted by atomic mass is 19.1. The van der Waals surface area contributed by atoms with Crippen LogP contribution in [0.25, 0.3) is 16.7 Å². The van der Waals surface area contributed by atoms with E-state index in [0.717, 1.165) is 64.1 Å². The van der Waals surface area contributed by atoms with Crippen molar-refractivity contribution in [3.8, 4) is 11.9 Å². The molecule has 41 heavy (non-hydrogen) atoms. The lowest BCUT2D eigenvalue weighted by atomic mass is 9.95. The number of aromatic nitrogens is 4. The van der Waals surface area contributed by atoms with Gasteiger partial charge in [-0.1, -0.05) is 12.6 Å². The third-order valence-corrected chi connectivity index (χ3v) is 8.51. The van der Waals surface area contributed by atoms with Crippen LogP contribution in [0, 0.1) is 6.92 Å². The lowest BCUT2D eigenvalue weighted by Crippen LogP contribution is -2.54. The molecule has 3 aliphatic heterocycles. The molecule has 1 amide bonds. The van der Waals surface area contributed by atoms with Crippen LogP contribution >= 0.6 is 0 Å². The molecule has 10 nitrogen and oxygen atoms in total. The van der Waals surface area contributed by atoms with Gasteiger partial charge in [-0.15, -0.1) is 0 Å². The Morgan fingerprint density at radius 2 is 2.07 bits per heavy atom. The number of likely N-dealkylation sites (N-methyl/N-ethyl adjacent to an activating group) is 1. The average Bonchev–Trinajstić information content (AvgIpc) is 3.59. The summed E-state index contributed by atoms with van der Waals surface area (Å²) in [5.41, 5.74) is 4.93. The Balaban J connectivity index is 1.36. The van der Waals surface area contributed by atoms with Crippen molar-refractivity contribution in [2.75, 3.05) is 44.7 Å². The van der Waals surface area contributed by atoms with Gasteiger partial charge < -0.3 is 24.2 Å². The number of hydrogen-bond acceptors (Lipinski definition) is 8. The summed E-state index contributed by atoms with van der Waals surface area (Å²) in [5.74, 6) is 0.343. The lowest BCUT2D eigenvalue weighted by molar-refractivity contribution is -0.131.